The molecule has 2 aromatic rings. The summed E-state index contributed by atoms with van der Waals surface area (Å²) in [6, 6.07) is 5.07. The van der Waals surface area contributed by atoms with Crippen molar-refractivity contribution in [2.24, 2.45) is 0 Å². The molecule has 2 amide bonds. The summed E-state index contributed by atoms with van der Waals surface area (Å²) in [7, 11) is 1.77. The SMILES string of the molecule is CCNC(=O)c1ncc(C#CCOc2ccc(C)nc2)cc1O.CN(C=O)C(C)(C)C.O=CO. The maximum Gasteiger partial charge on any atom is 0.290 e. The van der Waals surface area contributed by atoms with E-state index < -0.39 is 5.91 Å². The van der Waals surface area contributed by atoms with E-state index in [9.17, 15) is 14.7 Å². The van der Waals surface area contributed by atoms with Crippen molar-refractivity contribution in [3.05, 3.63) is 47.5 Å². The Kier molecular flexibility index (Phi) is 13.7. The molecule has 0 aliphatic heterocycles. The van der Waals surface area contributed by atoms with Crippen LogP contribution in [0.15, 0.2) is 30.6 Å². The smallest absolute Gasteiger partial charge is 0.290 e. The van der Waals surface area contributed by atoms with Crippen LogP contribution in [0.25, 0.3) is 0 Å². The Bertz CT molecular complexity index is 976. The molecule has 0 fully saturated rings. The maximum atomic E-state index is 11.6. The zero-order valence-electron chi connectivity index (χ0n) is 20.3. The number of pyridine rings is 2. The normalized spacial score (nSPS) is 9.47. The van der Waals surface area contributed by atoms with E-state index >= 15 is 0 Å². The van der Waals surface area contributed by atoms with Crippen molar-refractivity contribution >= 4 is 18.8 Å². The number of ether oxygens (including phenoxy) is 1. The second-order valence-corrected chi connectivity index (χ2v) is 7.67. The van der Waals surface area contributed by atoms with Gasteiger partial charge in [-0.1, -0.05) is 11.8 Å². The van der Waals surface area contributed by atoms with Crippen LogP contribution in [0.1, 0.15) is 49.4 Å². The van der Waals surface area contributed by atoms with E-state index in [1.807, 2.05) is 39.8 Å². The fraction of sp³-hybridized carbons (Fsp3) is 0.375. The van der Waals surface area contributed by atoms with Gasteiger partial charge < -0.3 is 25.2 Å². The molecule has 0 bridgehead atoms. The van der Waals surface area contributed by atoms with Gasteiger partial charge in [-0.25, -0.2) is 4.98 Å². The summed E-state index contributed by atoms with van der Waals surface area (Å²) < 4.78 is 5.42. The number of aromatic nitrogens is 2. The van der Waals surface area contributed by atoms with Crippen LogP contribution in [0.4, 0.5) is 0 Å². The summed E-state index contributed by atoms with van der Waals surface area (Å²) in [5.41, 5.74) is 1.37. The second kappa shape index (κ2) is 15.6. The molecule has 10 heteroatoms. The summed E-state index contributed by atoms with van der Waals surface area (Å²) in [5.74, 6) is 5.65. The van der Waals surface area contributed by atoms with Crippen LogP contribution in [-0.2, 0) is 9.59 Å². The highest BCUT2D eigenvalue weighted by atomic mass is 16.5. The average Bonchev–Trinajstić information content (AvgIpc) is 2.78. The van der Waals surface area contributed by atoms with E-state index in [1.165, 1.54) is 12.3 Å². The highest BCUT2D eigenvalue weighted by Gasteiger charge is 2.13. The van der Waals surface area contributed by atoms with Gasteiger partial charge >= 0.3 is 0 Å². The molecule has 34 heavy (non-hydrogen) atoms. The molecule has 0 aliphatic carbocycles. The van der Waals surface area contributed by atoms with E-state index in [4.69, 9.17) is 14.6 Å². The van der Waals surface area contributed by atoms with E-state index in [1.54, 1.807) is 25.1 Å². The zero-order chi connectivity index (χ0) is 26.1. The number of carbonyl (C=O) groups is 3. The van der Waals surface area contributed by atoms with E-state index in [0.29, 0.717) is 17.9 Å². The van der Waals surface area contributed by atoms with Crippen LogP contribution in [0.5, 0.6) is 11.5 Å². The van der Waals surface area contributed by atoms with E-state index in [-0.39, 0.29) is 30.1 Å². The number of aryl methyl sites for hydroxylation is 1. The number of nitrogens with one attached hydrogen (secondary N) is 1. The Morgan fingerprint density at radius 2 is 1.88 bits per heavy atom. The first-order valence-corrected chi connectivity index (χ1v) is 10.3. The molecule has 0 aromatic carbocycles. The van der Waals surface area contributed by atoms with Gasteiger partial charge in [-0.15, -0.1) is 0 Å². The third-order valence-corrected chi connectivity index (χ3v) is 4.06. The first kappa shape index (κ1) is 29.9. The standard InChI is InChI=1S/C17H17N3O3.C6H13NO.CH2O2/c1-3-18-17(22)16-15(21)9-13(10-20-16)5-4-8-23-14-7-6-12(2)19-11-14;1-6(2,3)7(4)5-8;2-1-3/h6-7,9-11,21H,3,8H2,1-2H3,(H,18,22);5H,1-4H3;1H,(H,2,3). The molecule has 0 saturated heterocycles. The number of aromatic hydroxyl groups is 1. The lowest BCUT2D eigenvalue weighted by Gasteiger charge is -2.27. The number of hydrogen-bond acceptors (Lipinski definition) is 7. The van der Waals surface area contributed by atoms with Crippen molar-refractivity contribution in [1.82, 2.24) is 20.2 Å². The van der Waals surface area contributed by atoms with Crippen LogP contribution in [-0.4, -0.2) is 69.6 Å². The first-order valence-electron chi connectivity index (χ1n) is 10.3. The molecule has 2 heterocycles. The Labute approximate surface area is 200 Å². The molecular weight excluding hydrogens is 440 g/mol. The van der Waals surface area contributed by atoms with Crippen molar-refractivity contribution in [3.63, 3.8) is 0 Å². The minimum atomic E-state index is -0.417. The molecule has 2 aromatic heterocycles. The molecular formula is C24H32N4O6. The zero-order valence-corrected chi connectivity index (χ0v) is 20.3. The van der Waals surface area contributed by atoms with Gasteiger partial charge in [0.2, 0.25) is 6.41 Å². The van der Waals surface area contributed by atoms with Crippen molar-refractivity contribution < 1.29 is 29.3 Å². The number of carbonyl (C=O) groups excluding carboxylic acids is 2. The van der Waals surface area contributed by atoms with Gasteiger partial charge in [0.1, 0.15) is 18.1 Å². The fourth-order valence-electron chi connectivity index (χ4n) is 1.90. The van der Waals surface area contributed by atoms with Crippen LogP contribution >= 0.6 is 0 Å². The van der Waals surface area contributed by atoms with Crippen LogP contribution in [0.2, 0.25) is 0 Å². The van der Waals surface area contributed by atoms with Crippen molar-refractivity contribution in [1.29, 1.82) is 0 Å². The Morgan fingerprint density at radius 3 is 2.32 bits per heavy atom. The van der Waals surface area contributed by atoms with Crippen LogP contribution < -0.4 is 10.1 Å². The number of nitrogens with zero attached hydrogens (tertiary/aromatic N) is 3. The van der Waals surface area contributed by atoms with Crippen LogP contribution in [0, 0.1) is 18.8 Å². The van der Waals surface area contributed by atoms with Gasteiger partial charge in [0.25, 0.3) is 12.4 Å². The summed E-state index contributed by atoms with van der Waals surface area (Å²) in [6.07, 6.45) is 3.90. The van der Waals surface area contributed by atoms with Crippen molar-refractivity contribution in [2.75, 3.05) is 20.2 Å². The molecule has 0 unspecified atom stereocenters. The van der Waals surface area contributed by atoms with Gasteiger partial charge in [-0.3, -0.25) is 19.4 Å². The van der Waals surface area contributed by atoms with Gasteiger partial charge in [0.15, 0.2) is 5.69 Å². The van der Waals surface area contributed by atoms with E-state index in [2.05, 4.69) is 27.1 Å². The van der Waals surface area contributed by atoms with Gasteiger partial charge in [-0.05, 0) is 52.8 Å². The molecule has 0 saturated carbocycles. The molecule has 184 valence electrons. The number of carboxylic acid groups (broad SMARTS) is 1. The molecule has 0 radical (unpaired) electrons. The topological polar surface area (TPSA) is 142 Å². The highest BCUT2D eigenvalue weighted by Crippen LogP contribution is 2.15. The molecule has 2 rings (SSSR count). The lowest BCUT2D eigenvalue weighted by atomic mass is 10.1. The minimum absolute atomic E-state index is 0.0145. The molecule has 10 nitrogen and oxygen atoms in total. The van der Waals surface area contributed by atoms with Crippen molar-refractivity contribution in [3.8, 4) is 23.3 Å². The third kappa shape index (κ3) is 12.0. The largest absolute Gasteiger partial charge is 0.505 e. The van der Waals surface area contributed by atoms with Gasteiger partial charge in [0, 0.05) is 36.6 Å². The number of hydrogen-bond donors (Lipinski definition) is 3. The minimum Gasteiger partial charge on any atom is -0.505 e. The lowest BCUT2D eigenvalue weighted by molar-refractivity contribution is -0.123. The Morgan fingerprint density at radius 1 is 1.24 bits per heavy atom. The predicted molar refractivity (Wildman–Crippen MR) is 128 cm³/mol. The summed E-state index contributed by atoms with van der Waals surface area (Å²) >= 11 is 0. The summed E-state index contributed by atoms with van der Waals surface area (Å²) in [6.45, 7) is 10.0. The quantitative estimate of drug-likeness (QED) is 0.444. The maximum absolute atomic E-state index is 11.6. The van der Waals surface area contributed by atoms with Crippen molar-refractivity contribution in [2.45, 2.75) is 40.2 Å². The fourth-order valence-corrected chi connectivity index (χ4v) is 1.90. The molecule has 0 spiro atoms. The molecule has 0 atom stereocenters. The van der Waals surface area contributed by atoms with Gasteiger partial charge in [-0.2, -0.15) is 0 Å². The number of amides is 2. The van der Waals surface area contributed by atoms with Crippen LogP contribution in [0.3, 0.4) is 0 Å². The Hall–Kier alpha value is -4.13. The predicted octanol–water partition coefficient (Wildman–Crippen LogP) is 2.24. The Balaban J connectivity index is 0.000000830. The molecule has 3 N–H and O–H groups in total. The average molecular weight is 473 g/mol. The summed E-state index contributed by atoms with van der Waals surface area (Å²) in [5, 5.41) is 19.3. The second-order valence-electron chi connectivity index (χ2n) is 7.67. The lowest BCUT2D eigenvalue weighted by Crippen LogP contribution is -2.36. The first-order chi connectivity index (χ1) is 16.0. The number of rotatable bonds is 5. The van der Waals surface area contributed by atoms with Gasteiger partial charge in [0.05, 0.1) is 6.20 Å². The third-order valence-electron chi connectivity index (χ3n) is 4.06. The summed E-state index contributed by atoms with van der Waals surface area (Å²) in [4.78, 5) is 39.7. The molecule has 0 aliphatic rings. The highest BCUT2D eigenvalue weighted by molar-refractivity contribution is 5.94. The monoisotopic (exact) mass is 472 g/mol. The van der Waals surface area contributed by atoms with E-state index in [0.717, 1.165) is 12.1 Å².